The Morgan fingerprint density at radius 3 is 2.51 bits per heavy atom. The fraction of sp³-hybridized carbons (Fsp3) is 0.318. The third-order valence-electron chi connectivity index (χ3n) is 5.76. The molecule has 3 atom stereocenters. The summed E-state index contributed by atoms with van der Waals surface area (Å²) < 4.78 is 93.6. The predicted molar refractivity (Wildman–Crippen MR) is 125 cm³/mol. The normalized spacial score (nSPS) is 20.8. The number of alkyl halides is 4. The molecule has 0 saturated carbocycles. The van der Waals surface area contributed by atoms with Crippen LogP contribution in [0.5, 0.6) is 0 Å². The second-order valence-electron chi connectivity index (χ2n) is 8.20. The smallest absolute Gasteiger partial charge is 0.351 e. The second kappa shape index (κ2) is 10.2. The van der Waals surface area contributed by atoms with E-state index in [0.29, 0.717) is 11.3 Å². The van der Waals surface area contributed by atoms with Crippen LogP contribution in [0.2, 0.25) is 5.02 Å². The average molecular weight is 581 g/mol. The molecule has 198 valence electrons. The fourth-order valence-corrected chi connectivity index (χ4v) is 6.60. The number of carbonyl (C=O) groups is 1. The van der Waals surface area contributed by atoms with Crippen LogP contribution in [0.4, 0.5) is 22.0 Å². The van der Waals surface area contributed by atoms with Gasteiger partial charge in [-0.3, -0.25) is 9.78 Å². The van der Waals surface area contributed by atoms with Gasteiger partial charge in [0.2, 0.25) is 15.9 Å². The molecule has 0 aliphatic carbocycles. The zero-order valence-corrected chi connectivity index (χ0v) is 21.2. The van der Waals surface area contributed by atoms with Crippen molar-refractivity contribution < 1.29 is 35.2 Å². The molecule has 37 heavy (non-hydrogen) atoms. The molecule has 1 saturated heterocycles. The lowest BCUT2D eigenvalue weighted by molar-refractivity contribution is -0.137. The van der Waals surface area contributed by atoms with Gasteiger partial charge in [-0.1, -0.05) is 11.6 Å². The van der Waals surface area contributed by atoms with Crippen LogP contribution in [0.25, 0.3) is 10.6 Å². The van der Waals surface area contributed by atoms with Crippen LogP contribution < -0.4 is 5.32 Å². The van der Waals surface area contributed by atoms with Gasteiger partial charge in [0, 0.05) is 25.4 Å². The number of rotatable bonds is 6. The third-order valence-corrected chi connectivity index (χ3v) is 9.18. The van der Waals surface area contributed by atoms with Crippen molar-refractivity contribution in [3.05, 3.63) is 64.1 Å². The lowest BCUT2D eigenvalue weighted by atomic mass is 10.1. The highest BCUT2D eigenvalue weighted by Gasteiger charge is 2.49. The van der Waals surface area contributed by atoms with Crippen molar-refractivity contribution in [3.8, 4) is 10.6 Å². The monoisotopic (exact) mass is 580 g/mol. The zero-order chi connectivity index (χ0) is 27.1. The van der Waals surface area contributed by atoms with Crippen molar-refractivity contribution >= 4 is 38.9 Å². The number of nitrogens with zero attached hydrogens (tertiary/aromatic N) is 3. The average Bonchev–Trinajstić information content (AvgIpc) is 3.44. The molecule has 15 heteroatoms. The van der Waals surface area contributed by atoms with E-state index in [9.17, 15) is 35.2 Å². The fourth-order valence-electron chi connectivity index (χ4n) is 3.87. The minimum Gasteiger partial charge on any atom is -0.351 e. The molecule has 1 aliphatic heterocycles. The number of carbonyl (C=O) groups excluding carboxylic acids is 1. The summed E-state index contributed by atoms with van der Waals surface area (Å²) in [5.41, 5.74) is 0.429. The van der Waals surface area contributed by atoms with Crippen LogP contribution >= 0.6 is 22.9 Å². The van der Waals surface area contributed by atoms with Gasteiger partial charge in [0.15, 0.2) is 5.01 Å². The summed E-state index contributed by atoms with van der Waals surface area (Å²) in [6.07, 6.45) is -4.42. The summed E-state index contributed by atoms with van der Waals surface area (Å²) in [6, 6.07) is 2.77. The molecule has 7 nitrogen and oxygen atoms in total. The van der Waals surface area contributed by atoms with E-state index in [1.54, 1.807) is 0 Å². The zero-order valence-electron chi connectivity index (χ0n) is 18.8. The maximum Gasteiger partial charge on any atom is 0.443 e. The van der Waals surface area contributed by atoms with Gasteiger partial charge in [0.05, 0.1) is 26.5 Å². The lowest BCUT2D eigenvalue weighted by Gasteiger charge is -2.27. The quantitative estimate of drug-likeness (QED) is 0.422. The number of hydrogen-bond acceptors (Lipinski definition) is 6. The first-order valence-corrected chi connectivity index (χ1v) is 13.3. The number of sulfonamides is 1. The predicted octanol–water partition coefficient (Wildman–Crippen LogP) is 4.82. The van der Waals surface area contributed by atoms with Gasteiger partial charge in [-0.2, -0.15) is 17.5 Å². The molecule has 1 aliphatic rings. The van der Waals surface area contributed by atoms with Crippen molar-refractivity contribution in [2.45, 2.75) is 49.2 Å². The molecule has 3 aromatic rings. The van der Waals surface area contributed by atoms with Crippen molar-refractivity contribution in [3.63, 3.8) is 0 Å². The molecular formula is C22H18ClF5N4O3S2. The van der Waals surface area contributed by atoms with E-state index < -0.39 is 57.6 Å². The number of nitrogens with one attached hydrogen (secondary N) is 1. The molecule has 0 bridgehead atoms. The summed E-state index contributed by atoms with van der Waals surface area (Å²) >= 11 is 6.53. The number of aromatic nitrogens is 2. The van der Waals surface area contributed by atoms with Crippen LogP contribution in [0.1, 0.15) is 23.9 Å². The van der Waals surface area contributed by atoms with E-state index in [4.69, 9.17) is 11.6 Å². The summed E-state index contributed by atoms with van der Waals surface area (Å²) in [5, 5.41) is 1.57. The number of halogens is 6. The van der Waals surface area contributed by atoms with Crippen molar-refractivity contribution in [1.29, 1.82) is 0 Å². The van der Waals surface area contributed by atoms with E-state index in [0.717, 1.165) is 34.8 Å². The summed E-state index contributed by atoms with van der Waals surface area (Å²) in [5.74, 6) is -1.46. The van der Waals surface area contributed by atoms with Crippen molar-refractivity contribution in [2.75, 3.05) is 0 Å². The SMILES string of the molecule is C[C@H]1[C@H](F)C[C@@H](C(=O)NCc2cc(-c3cnc(C(F)(F)F)s3)ncc2Cl)N1S(=O)(=O)c1ccc(F)cc1. The van der Waals surface area contributed by atoms with E-state index in [2.05, 4.69) is 15.3 Å². The number of hydrogen-bond donors (Lipinski definition) is 1. The number of benzene rings is 1. The highest BCUT2D eigenvalue weighted by molar-refractivity contribution is 7.89. The molecule has 1 amide bonds. The maximum absolute atomic E-state index is 14.6. The second-order valence-corrected chi connectivity index (χ2v) is 11.5. The Kier molecular flexibility index (Phi) is 7.57. The molecule has 0 unspecified atom stereocenters. The van der Waals surface area contributed by atoms with Gasteiger partial charge in [-0.05, 0) is 42.8 Å². The number of amides is 1. The molecule has 4 rings (SSSR count). The molecule has 1 fully saturated rings. The van der Waals surface area contributed by atoms with E-state index in [1.165, 1.54) is 19.2 Å². The summed E-state index contributed by atoms with van der Waals surface area (Å²) in [7, 11) is -4.34. The van der Waals surface area contributed by atoms with Gasteiger partial charge in [-0.15, -0.1) is 11.3 Å². The van der Waals surface area contributed by atoms with E-state index in [1.807, 2.05) is 0 Å². The Morgan fingerprint density at radius 2 is 1.89 bits per heavy atom. The molecular weight excluding hydrogens is 563 g/mol. The Labute approximate surface area is 217 Å². The first-order valence-electron chi connectivity index (χ1n) is 10.7. The molecule has 3 heterocycles. The van der Waals surface area contributed by atoms with Crippen molar-refractivity contribution in [1.82, 2.24) is 19.6 Å². The minimum atomic E-state index is -4.61. The van der Waals surface area contributed by atoms with E-state index in [-0.39, 0.29) is 32.6 Å². The Hall–Kier alpha value is -2.68. The highest BCUT2D eigenvalue weighted by Crippen LogP contribution is 2.37. The topological polar surface area (TPSA) is 92.3 Å². The standard InChI is InChI=1S/C22H18ClF5N4O3S2/c1-11-16(25)7-18(32(11)37(34,35)14-4-2-13(24)3-5-14)20(33)30-8-12-6-17(29-9-15(12)23)19-10-31-21(36-19)22(26,27)28/h2-6,9-11,16,18H,7-8H2,1H3,(H,30,33)/t11-,16+,18-/m0/s1. The minimum absolute atomic E-state index is 0.101. The van der Waals surface area contributed by atoms with Crippen LogP contribution in [0.15, 0.2) is 47.6 Å². The number of pyridine rings is 1. The van der Waals surface area contributed by atoms with Gasteiger partial charge in [0.1, 0.15) is 18.0 Å². The van der Waals surface area contributed by atoms with Gasteiger partial charge in [0.25, 0.3) is 0 Å². The molecule has 1 aromatic carbocycles. The first-order chi connectivity index (χ1) is 17.3. The molecule has 0 spiro atoms. The maximum atomic E-state index is 14.6. The number of thiazole rings is 1. The van der Waals surface area contributed by atoms with Gasteiger partial charge in [-0.25, -0.2) is 22.2 Å². The highest BCUT2D eigenvalue weighted by atomic mass is 35.5. The van der Waals surface area contributed by atoms with E-state index >= 15 is 0 Å². The molecule has 2 aromatic heterocycles. The van der Waals surface area contributed by atoms with Crippen molar-refractivity contribution in [2.24, 2.45) is 0 Å². The first kappa shape index (κ1) is 27.4. The Morgan fingerprint density at radius 1 is 1.22 bits per heavy atom. The van der Waals surface area contributed by atoms with Crippen LogP contribution in [-0.2, 0) is 27.5 Å². The largest absolute Gasteiger partial charge is 0.443 e. The van der Waals surface area contributed by atoms with Crippen LogP contribution in [0.3, 0.4) is 0 Å². The summed E-state index contributed by atoms with van der Waals surface area (Å²) in [4.78, 5) is 20.2. The van der Waals surface area contributed by atoms with Gasteiger partial charge < -0.3 is 5.32 Å². The summed E-state index contributed by atoms with van der Waals surface area (Å²) in [6.45, 7) is 1.10. The Bertz CT molecular complexity index is 1420. The molecule has 1 N–H and O–H groups in total. The third kappa shape index (κ3) is 5.61. The molecule has 0 radical (unpaired) electrons. The lowest BCUT2D eigenvalue weighted by Crippen LogP contribution is -2.48. The van der Waals surface area contributed by atoms with Crippen LogP contribution in [0, 0.1) is 5.82 Å². The van der Waals surface area contributed by atoms with Crippen LogP contribution in [-0.4, -0.2) is 46.9 Å². The van der Waals surface area contributed by atoms with Gasteiger partial charge >= 0.3 is 6.18 Å². The Balaban J connectivity index is 1.54.